The summed E-state index contributed by atoms with van der Waals surface area (Å²) in [6, 6.07) is 10.0. The Balaban J connectivity index is 1.66. The quantitative estimate of drug-likeness (QED) is 0.822. The lowest BCUT2D eigenvalue weighted by atomic mass is 10.0. The van der Waals surface area contributed by atoms with Crippen LogP contribution in [0.1, 0.15) is 24.4 Å². The summed E-state index contributed by atoms with van der Waals surface area (Å²) in [5, 5.41) is 6.19. The summed E-state index contributed by atoms with van der Waals surface area (Å²) in [5.41, 5.74) is 1.19. The van der Waals surface area contributed by atoms with Gasteiger partial charge in [0.15, 0.2) is 0 Å². The molecule has 1 aromatic rings. The van der Waals surface area contributed by atoms with Crippen LogP contribution in [0.15, 0.2) is 30.3 Å². The normalized spacial score (nSPS) is 26.4. The molecule has 5 nitrogen and oxygen atoms in total. The van der Waals surface area contributed by atoms with E-state index in [1.807, 2.05) is 23.1 Å². The van der Waals surface area contributed by atoms with Crippen molar-refractivity contribution < 1.29 is 9.59 Å². The minimum atomic E-state index is -0.322. The summed E-state index contributed by atoms with van der Waals surface area (Å²) in [5.74, 6) is 0.0383. The highest BCUT2D eigenvalue weighted by Crippen LogP contribution is 2.19. The van der Waals surface area contributed by atoms with E-state index < -0.39 is 0 Å². The summed E-state index contributed by atoms with van der Waals surface area (Å²) >= 11 is 0. The van der Waals surface area contributed by atoms with Crippen LogP contribution in [0.4, 0.5) is 0 Å². The zero-order chi connectivity index (χ0) is 13.9. The largest absolute Gasteiger partial charge is 0.344 e. The third kappa shape index (κ3) is 2.67. The molecule has 2 saturated heterocycles. The van der Waals surface area contributed by atoms with Crippen LogP contribution < -0.4 is 10.6 Å². The molecule has 0 bridgehead atoms. The van der Waals surface area contributed by atoms with Crippen LogP contribution in [0.2, 0.25) is 0 Å². The highest BCUT2D eigenvalue weighted by Gasteiger charge is 2.33. The van der Waals surface area contributed by atoms with Crippen molar-refractivity contribution in [3.63, 3.8) is 0 Å². The molecule has 2 aliphatic rings. The van der Waals surface area contributed by atoms with Gasteiger partial charge in [-0.25, -0.2) is 0 Å². The molecular weight excluding hydrogens is 254 g/mol. The van der Waals surface area contributed by atoms with Gasteiger partial charge in [-0.05, 0) is 12.0 Å². The summed E-state index contributed by atoms with van der Waals surface area (Å²) in [6.07, 6.45) is 1.09. The van der Waals surface area contributed by atoms with E-state index in [0.717, 1.165) is 6.54 Å². The lowest BCUT2D eigenvalue weighted by Gasteiger charge is -2.35. The number of nitrogens with one attached hydrogen (secondary N) is 2. The van der Waals surface area contributed by atoms with E-state index in [1.54, 1.807) is 0 Å². The first-order valence-electron chi connectivity index (χ1n) is 7.10. The van der Waals surface area contributed by atoms with Gasteiger partial charge in [0.05, 0.1) is 0 Å². The number of carbonyl (C=O) groups excluding carboxylic acids is 2. The van der Waals surface area contributed by atoms with E-state index >= 15 is 0 Å². The van der Waals surface area contributed by atoms with Gasteiger partial charge in [-0.15, -0.1) is 0 Å². The number of benzene rings is 1. The van der Waals surface area contributed by atoms with Gasteiger partial charge in [0.25, 0.3) is 0 Å². The lowest BCUT2D eigenvalue weighted by Crippen LogP contribution is -2.53. The van der Waals surface area contributed by atoms with Crippen LogP contribution >= 0.6 is 0 Å². The summed E-state index contributed by atoms with van der Waals surface area (Å²) in [6.45, 7) is 2.15. The van der Waals surface area contributed by atoms with Crippen molar-refractivity contribution in [3.8, 4) is 0 Å². The van der Waals surface area contributed by atoms with Crippen LogP contribution in [0.5, 0.6) is 0 Å². The van der Waals surface area contributed by atoms with E-state index in [4.69, 9.17) is 0 Å². The zero-order valence-electron chi connectivity index (χ0n) is 11.3. The Morgan fingerprint density at radius 2 is 2.05 bits per heavy atom. The maximum Gasteiger partial charge on any atom is 0.245 e. The Morgan fingerprint density at radius 1 is 1.25 bits per heavy atom. The molecule has 2 heterocycles. The van der Waals surface area contributed by atoms with Gasteiger partial charge >= 0.3 is 0 Å². The first-order valence-corrected chi connectivity index (χ1v) is 7.10. The minimum absolute atomic E-state index is 0.0157. The van der Waals surface area contributed by atoms with E-state index in [1.165, 1.54) is 5.56 Å². The van der Waals surface area contributed by atoms with Crippen LogP contribution in [-0.2, 0) is 9.59 Å². The van der Waals surface area contributed by atoms with Gasteiger partial charge < -0.3 is 15.5 Å². The molecule has 0 aliphatic carbocycles. The third-order valence-corrected chi connectivity index (χ3v) is 3.98. The van der Waals surface area contributed by atoms with Crippen molar-refractivity contribution in [1.82, 2.24) is 15.5 Å². The van der Waals surface area contributed by atoms with Crippen molar-refractivity contribution in [2.24, 2.45) is 0 Å². The standard InChI is InChI=1S/C15H19N3O2/c19-14-7-6-12(17-14)15(20)18-9-8-16-13(10-18)11-4-2-1-3-5-11/h1-5,12-13,16H,6-10H2,(H,17,19). The molecule has 0 aromatic heterocycles. The molecule has 5 heteroatoms. The average Bonchev–Trinajstić information content (AvgIpc) is 2.94. The Bertz CT molecular complexity index is 503. The fourth-order valence-electron chi connectivity index (χ4n) is 2.88. The number of rotatable bonds is 2. The van der Waals surface area contributed by atoms with Gasteiger partial charge in [-0.1, -0.05) is 30.3 Å². The fraction of sp³-hybridized carbons (Fsp3) is 0.467. The Hall–Kier alpha value is -1.88. The van der Waals surface area contributed by atoms with Crippen molar-refractivity contribution in [2.75, 3.05) is 19.6 Å². The van der Waals surface area contributed by atoms with E-state index in [0.29, 0.717) is 25.9 Å². The maximum absolute atomic E-state index is 12.4. The molecule has 2 amide bonds. The van der Waals surface area contributed by atoms with Gasteiger partial charge in [-0.3, -0.25) is 9.59 Å². The van der Waals surface area contributed by atoms with Crippen molar-refractivity contribution in [1.29, 1.82) is 0 Å². The van der Waals surface area contributed by atoms with Gasteiger partial charge in [0, 0.05) is 32.1 Å². The average molecular weight is 273 g/mol. The maximum atomic E-state index is 12.4. The predicted octanol–water partition coefficient (Wildman–Crippen LogP) is 0.438. The number of piperazine rings is 1. The Labute approximate surface area is 118 Å². The Morgan fingerprint density at radius 3 is 2.75 bits per heavy atom. The molecule has 3 rings (SSSR count). The predicted molar refractivity (Wildman–Crippen MR) is 74.9 cm³/mol. The lowest BCUT2D eigenvalue weighted by molar-refractivity contribution is -0.135. The highest BCUT2D eigenvalue weighted by atomic mass is 16.2. The SMILES string of the molecule is O=C1CCC(C(=O)N2CCNC(c3ccccc3)C2)N1. The number of hydrogen-bond donors (Lipinski definition) is 2. The number of carbonyl (C=O) groups is 2. The number of amides is 2. The molecule has 0 spiro atoms. The highest BCUT2D eigenvalue weighted by molar-refractivity contribution is 5.90. The second-order valence-electron chi connectivity index (χ2n) is 5.36. The monoisotopic (exact) mass is 273 g/mol. The summed E-state index contributed by atoms with van der Waals surface area (Å²) in [4.78, 5) is 25.5. The van der Waals surface area contributed by atoms with Crippen LogP contribution in [0.25, 0.3) is 0 Å². The Kier molecular flexibility index (Phi) is 3.69. The zero-order valence-corrected chi connectivity index (χ0v) is 11.3. The van der Waals surface area contributed by atoms with E-state index in [-0.39, 0.29) is 23.9 Å². The molecule has 2 atom stereocenters. The molecule has 0 radical (unpaired) electrons. The molecule has 2 unspecified atom stereocenters. The molecule has 106 valence electrons. The molecule has 0 saturated carbocycles. The minimum Gasteiger partial charge on any atom is -0.344 e. The number of nitrogens with zero attached hydrogens (tertiary/aromatic N) is 1. The molecular formula is C15H19N3O2. The number of hydrogen-bond acceptors (Lipinski definition) is 3. The van der Waals surface area contributed by atoms with Crippen LogP contribution in [0, 0.1) is 0 Å². The third-order valence-electron chi connectivity index (χ3n) is 3.98. The van der Waals surface area contributed by atoms with Crippen molar-refractivity contribution in [2.45, 2.75) is 24.9 Å². The van der Waals surface area contributed by atoms with Crippen molar-refractivity contribution in [3.05, 3.63) is 35.9 Å². The molecule has 2 fully saturated rings. The van der Waals surface area contributed by atoms with Gasteiger partial charge in [0.2, 0.25) is 11.8 Å². The van der Waals surface area contributed by atoms with Gasteiger partial charge in [0.1, 0.15) is 6.04 Å². The van der Waals surface area contributed by atoms with E-state index in [9.17, 15) is 9.59 Å². The van der Waals surface area contributed by atoms with Crippen molar-refractivity contribution >= 4 is 11.8 Å². The molecule has 2 aliphatic heterocycles. The van der Waals surface area contributed by atoms with E-state index in [2.05, 4.69) is 22.8 Å². The second kappa shape index (κ2) is 5.63. The summed E-state index contributed by atoms with van der Waals surface area (Å²) in [7, 11) is 0. The first-order chi connectivity index (χ1) is 9.74. The summed E-state index contributed by atoms with van der Waals surface area (Å²) < 4.78 is 0. The topological polar surface area (TPSA) is 61.4 Å². The van der Waals surface area contributed by atoms with Gasteiger partial charge in [-0.2, -0.15) is 0 Å². The molecule has 20 heavy (non-hydrogen) atoms. The molecule has 2 N–H and O–H groups in total. The molecule has 1 aromatic carbocycles. The van der Waals surface area contributed by atoms with Crippen LogP contribution in [0.3, 0.4) is 0 Å². The first kappa shape index (κ1) is 13.1. The van der Waals surface area contributed by atoms with Crippen LogP contribution in [-0.4, -0.2) is 42.4 Å². The fourth-order valence-corrected chi connectivity index (χ4v) is 2.88. The second-order valence-corrected chi connectivity index (χ2v) is 5.36. The smallest absolute Gasteiger partial charge is 0.245 e.